The Labute approximate surface area is 125 Å². The Kier molecular flexibility index (Phi) is 8.42. The van der Waals surface area contributed by atoms with Crippen molar-refractivity contribution in [3.63, 3.8) is 0 Å². The van der Waals surface area contributed by atoms with Gasteiger partial charge in [-0.25, -0.2) is 4.79 Å². The first-order valence-corrected chi connectivity index (χ1v) is 6.78. The van der Waals surface area contributed by atoms with E-state index in [1.807, 2.05) is 0 Å². The molecule has 0 bridgehead atoms. The van der Waals surface area contributed by atoms with Crippen molar-refractivity contribution in [2.45, 2.75) is 45.6 Å². The molecule has 0 rings (SSSR count). The smallest absolute Gasteiger partial charge is 0.407 e. The average molecular weight is 303 g/mol. The first-order valence-electron chi connectivity index (χ1n) is 6.78. The third kappa shape index (κ3) is 10.6. The summed E-state index contributed by atoms with van der Waals surface area (Å²) >= 11 is 0. The fourth-order valence-corrected chi connectivity index (χ4v) is 1.61. The molecule has 0 aromatic rings. The van der Waals surface area contributed by atoms with Gasteiger partial charge in [-0.1, -0.05) is 0 Å². The lowest BCUT2D eigenvalue weighted by atomic mass is 9.97. The lowest BCUT2D eigenvalue weighted by Gasteiger charge is -2.20. The number of amides is 1. The van der Waals surface area contributed by atoms with Gasteiger partial charge in [0.25, 0.3) is 0 Å². The minimum atomic E-state index is -0.568. The van der Waals surface area contributed by atoms with E-state index in [4.69, 9.17) is 4.74 Å². The van der Waals surface area contributed by atoms with Crippen LogP contribution in [0.1, 0.15) is 40.0 Å². The second-order valence-electron chi connectivity index (χ2n) is 5.64. The summed E-state index contributed by atoms with van der Waals surface area (Å²) < 4.78 is 14.3. The molecule has 7 nitrogen and oxygen atoms in total. The monoisotopic (exact) mass is 303 g/mol. The SMILES string of the molecule is COC(=O)CC(CCNC(=O)OC(C)(C)C)CC(=O)OC. The van der Waals surface area contributed by atoms with E-state index in [0.29, 0.717) is 13.0 Å². The summed E-state index contributed by atoms with van der Waals surface area (Å²) in [5, 5.41) is 2.59. The van der Waals surface area contributed by atoms with Gasteiger partial charge in [-0.15, -0.1) is 0 Å². The lowest BCUT2D eigenvalue weighted by molar-refractivity contribution is -0.144. The highest BCUT2D eigenvalue weighted by Gasteiger charge is 2.20. The maximum Gasteiger partial charge on any atom is 0.407 e. The van der Waals surface area contributed by atoms with E-state index < -0.39 is 23.6 Å². The largest absolute Gasteiger partial charge is 0.469 e. The van der Waals surface area contributed by atoms with Gasteiger partial charge in [0.05, 0.1) is 14.2 Å². The lowest BCUT2D eigenvalue weighted by Crippen LogP contribution is -2.33. The van der Waals surface area contributed by atoms with E-state index in [0.717, 1.165) is 0 Å². The van der Waals surface area contributed by atoms with Crippen LogP contribution in [-0.2, 0) is 23.8 Å². The Bertz CT molecular complexity index is 343. The van der Waals surface area contributed by atoms with Crippen molar-refractivity contribution in [3.8, 4) is 0 Å². The summed E-state index contributed by atoms with van der Waals surface area (Å²) in [7, 11) is 2.58. The van der Waals surface area contributed by atoms with Crippen LogP contribution < -0.4 is 5.32 Å². The molecule has 0 aliphatic carbocycles. The number of carbonyl (C=O) groups excluding carboxylic acids is 3. The molecular formula is C14H25NO6. The summed E-state index contributed by atoms with van der Waals surface area (Å²) in [6.45, 7) is 5.60. The number of carbonyl (C=O) groups is 3. The summed E-state index contributed by atoms with van der Waals surface area (Å²) in [6.07, 6.45) is 0.115. The summed E-state index contributed by atoms with van der Waals surface area (Å²) in [4.78, 5) is 34.1. The Morgan fingerprint density at radius 2 is 1.48 bits per heavy atom. The van der Waals surface area contributed by atoms with Crippen LogP contribution in [0.15, 0.2) is 0 Å². The second kappa shape index (κ2) is 9.20. The number of alkyl carbamates (subject to hydrolysis) is 1. The van der Waals surface area contributed by atoms with Crippen LogP contribution in [0.25, 0.3) is 0 Å². The topological polar surface area (TPSA) is 90.9 Å². The van der Waals surface area contributed by atoms with E-state index in [2.05, 4.69) is 14.8 Å². The standard InChI is InChI=1S/C14H25NO6/c1-14(2,3)21-13(18)15-7-6-10(8-11(16)19-4)9-12(17)20-5/h10H,6-9H2,1-5H3,(H,15,18). The summed E-state index contributed by atoms with van der Waals surface area (Å²) in [6, 6.07) is 0. The molecule has 0 aliphatic heterocycles. The first-order chi connectivity index (χ1) is 9.67. The molecule has 0 aromatic carbocycles. The van der Waals surface area contributed by atoms with Gasteiger partial charge >= 0.3 is 18.0 Å². The van der Waals surface area contributed by atoms with Gasteiger partial charge in [-0.3, -0.25) is 9.59 Å². The number of hydrogen-bond acceptors (Lipinski definition) is 6. The van der Waals surface area contributed by atoms with E-state index in [1.54, 1.807) is 20.8 Å². The molecule has 122 valence electrons. The van der Waals surface area contributed by atoms with E-state index in [9.17, 15) is 14.4 Å². The van der Waals surface area contributed by atoms with Crippen LogP contribution in [0.5, 0.6) is 0 Å². The van der Waals surface area contributed by atoms with Crippen LogP contribution in [0, 0.1) is 5.92 Å². The van der Waals surface area contributed by atoms with Gasteiger partial charge in [0.2, 0.25) is 0 Å². The van der Waals surface area contributed by atoms with Crippen LogP contribution in [0.3, 0.4) is 0 Å². The summed E-state index contributed by atoms with van der Waals surface area (Å²) in [5.74, 6) is -1.05. The zero-order valence-corrected chi connectivity index (χ0v) is 13.4. The van der Waals surface area contributed by atoms with Crippen LogP contribution in [0.2, 0.25) is 0 Å². The van der Waals surface area contributed by atoms with Gasteiger partial charge in [0, 0.05) is 19.4 Å². The van der Waals surface area contributed by atoms with E-state index >= 15 is 0 Å². The van der Waals surface area contributed by atoms with Crippen molar-refractivity contribution in [1.82, 2.24) is 5.32 Å². The number of rotatable bonds is 7. The molecule has 0 aromatic heterocycles. The molecule has 0 spiro atoms. The zero-order valence-electron chi connectivity index (χ0n) is 13.4. The normalized spacial score (nSPS) is 11.0. The van der Waals surface area contributed by atoms with Crippen molar-refractivity contribution in [1.29, 1.82) is 0 Å². The molecule has 0 saturated carbocycles. The van der Waals surface area contributed by atoms with Gasteiger partial charge < -0.3 is 19.5 Å². The minimum absolute atomic E-state index is 0.0988. The van der Waals surface area contributed by atoms with Crippen molar-refractivity contribution in [3.05, 3.63) is 0 Å². The second-order valence-corrected chi connectivity index (χ2v) is 5.64. The molecule has 21 heavy (non-hydrogen) atoms. The zero-order chi connectivity index (χ0) is 16.5. The Hall–Kier alpha value is -1.79. The molecule has 7 heteroatoms. The molecule has 0 heterocycles. The van der Waals surface area contributed by atoms with Gasteiger partial charge in [-0.05, 0) is 33.1 Å². The van der Waals surface area contributed by atoms with Gasteiger partial charge in [0.15, 0.2) is 0 Å². The van der Waals surface area contributed by atoms with Crippen LogP contribution >= 0.6 is 0 Å². The van der Waals surface area contributed by atoms with Crippen molar-refractivity contribution >= 4 is 18.0 Å². The van der Waals surface area contributed by atoms with Gasteiger partial charge in [-0.2, -0.15) is 0 Å². The van der Waals surface area contributed by atoms with E-state index in [1.165, 1.54) is 14.2 Å². The molecule has 0 fully saturated rings. The average Bonchev–Trinajstić information content (AvgIpc) is 2.35. The first kappa shape index (κ1) is 19.2. The van der Waals surface area contributed by atoms with Crippen molar-refractivity contribution < 1.29 is 28.6 Å². The molecule has 0 radical (unpaired) electrons. The molecule has 0 aliphatic rings. The molecule has 0 saturated heterocycles. The predicted molar refractivity (Wildman–Crippen MR) is 75.6 cm³/mol. The highest BCUT2D eigenvalue weighted by Crippen LogP contribution is 2.15. The molecular weight excluding hydrogens is 278 g/mol. The van der Waals surface area contributed by atoms with Gasteiger partial charge in [0.1, 0.15) is 5.60 Å². The number of ether oxygens (including phenoxy) is 3. The fraction of sp³-hybridized carbons (Fsp3) is 0.786. The minimum Gasteiger partial charge on any atom is -0.469 e. The Morgan fingerprint density at radius 1 is 1.00 bits per heavy atom. The maximum atomic E-state index is 11.5. The number of nitrogens with one attached hydrogen (secondary N) is 1. The van der Waals surface area contributed by atoms with Crippen molar-refractivity contribution in [2.24, 2.45) is 5.92 Å². The maximum absolute atomic E-state index is 11.5. The number of hydrogen-bond donors (Lipinski definition) is 1. The highest BCUT2D eigenvalue weighted by molar-refractivity contribution is 5.73. The third-order valence-electron chi connectivity index (χ3n) is 2.59. The Morgan fingerprint density at radius 3 is 1.86 bits per heavy atom. The number of esters is 2. The summed E-state index contributed by atoms with van der Waals surface area (Å²) in [5.41, 5.74) is -0.568. The molecule has 0 atom stereocenters. The molecule has 1 amide bonds. The quantitative estimate of drug-likeness (QED) is 0.568. The predicted octanol–water partition coefficient (Wildman–Crippen LogP) is 1.64. The molecule has 0 unspecified atom stereocenters. The van der Waals surface area contributed by atoms with Crippen LogP contribution in [0.4, 0.5) is 4.79 Å². The fourth-order valence-electron chi connectivity index (χ4n) is 1.61. The molecule has 1 N–H and O–H groups in total. The number of methoxy groups -OCH3 is 2. The Balaban J connectivity index is 4.25. The van der Waals surface area contributed by atoms with Crippen LogP contribution in [-0.4, -0.2) is 44.4 Å². The third-order valence-corrected chi connectivity index (χ3v) is 2.59. The van der Waals surface area contributed by atoms with Crippen molar-refractivity contribution in [2.75, 3.05) is 20.8 Å². The highest BCUT2D eigenvalue weighted by atomic mass is 16.6. The van der Waals surface area contributed by atoms with E-state index in [-0.39, 0.29) is 18.8 Å².